The lowest BCUT2D eigenvalue weighted by Crippen LogP contribution is -2.43. The van der Waals surface area contributed by atoms with E-state index < -0.39 is 0 Å². The van der Waals surface area contributed by atoms with Crippen LogP contribution in [0, 0.1) is 11.7 Å². The summed E-state index contributed by atoms with van der Waals surface area (Å²) in [7, 11) is 0. The Morgan fingerprint density at radius 2 is 2.33 bits per heavy atom. The largest absolute Gasteiger partial charge is 0.381 e. The molecule has 0 spiro atoms. The summed E-state index contributed by atoms with van der Waals surface area (Å²) >= 11 is 5.81. The summed E-state index contributed by atoms with van der Waals surface area (Å²) in [6.45, 7) is 4.65. The monoisotopic (exact) mass is 271 g/mol. The van der Waals surface area contributed by atoms with Crippen LogP contribution in [0.2, 0.25) is 5.02 Å². The number of rotatable bonds is 4. The van der Waals surface area contributed by atoms with E-state index in [1.165, 1.54) is 6.07 Å². The van der Waals surface area contributed by atoms with Crippen molar-refractivity contribution in [1.82, 2.24) is 5.32 Å². The predicted molar refractivity (Wildman–Crippen MR) is 71.5 cm³/mol. The minimum Gasteiger partial charge on any atom is -0.381 e. The van der Waals surface area contributed by atoms with E-state index in [9.17, 15) is 4.39 Å². The molecule has 100 valence electrons. The van der Waals surface area contributed by atoms with Gasteiger partial charge in [0.1, 0.15) is 5.82 Å². The first-order chi connectivity index (χ1) is 8.70. The molecule has 0 amide bonds. The van der Waals surface area contributed by atoms with Gasteiger partial charge in [0, 0.05) is 18.6 Å². The van der Waals surface area contributed by atoms with Gasteiger partial charge in [-0.2, -0.15) is 0 Å². The fraction of sp³-hybridized carbons (Fsp3) is 0.571. The molecular formula is C14H19ClFNO. The van der Waals surface area contributed by atoms with E-state index in [0.717, 1.165) is 38.2 Å². The zero-order valence-corrected chi connectivity index (χ0v) is 11.3. The van der Waals surface area contributed by atoms with Crippen LogP contribution in [0.1, 0.15) is 18.9 Å². The number of ether oxygens (including phenoxy) is 1. The first-order valence-corrected chi connectivity index (χ1v) is 6.83. The van der Waals surface area contributed by atoms with Gasteiger partial charge in [0.05, 0.1) is 11.6 Å². The van der Waals surface area contributed by atoms with Crippen molar-refractivity contribution in [3.05, 3.63) is 34.6 Å². The molecule has 2 unspecified atom stereocenters. The summed E-state index contributed by atoms with van der Waals surface area (Å²) < 4.78 is 18.6. The Kier molecular flexibility index (Phi) is 4.98. The molecule has 1 aliphatic rings. The number of halogens is 2. The highest BCUT2D eigenvalue weighted by atomic mass is 35.5. The lowest BCUT2D eigenvalue weighted by molar-refractivity contribution is 0.0327. The van der Waals surface area contributed by atoms with Crippen LogP contribution in [-0.4, -0.2) is 25.8 Å². The minimum atomic E-state index is -0.358. The second-order valence-corrected chi connectivity index (χ2v) is 5.15. The highest BCUT2D eigenvalue weighted by molar-refractivity contribution is 6.30. The van der Waals surface area contributed by atoms with Crippen LogP contribution >= 0.6 is 11.6 Å². The second kappa shape index (κ2) is 6.50. The average Bonchev–Trinajstić information content (AvgIpc) is 2.37. The molecule has 2 nitrogen and oxygen atoms in total. The highest BCUT2D eigenvalue weighted by Crippen LogP contribution is 2.23. The average molecular weight is 272 g/mol. The zero-order valence-electron chi connectivity index (χ0n) is 10.6. The number of hydrogen-bond acceptors (Lipinski definition) is 2. The Bertz CT molecular complexity index is 397. The maximum absolute atomic E-state index is 13.1. The molecule has 2 rings (SSSR count). The molecule has 1 aromatic carbocycles. The van der Waals surface area contributed by atoms with Crippen LogP contribution in [-0.2, 0) is 11.2 Å². The van der Waals surface area contributed by atoms with Crippen molar-refractivity contribution in [2.24, 2.45) is 5.92 Å². The van der Waals surface area contributed by atoms with Crippen molar-refractivity contribution >= 4 is 11.6 Å². The third-order valence-electron chi connectivity index (χ3n) is 3.42. The summed E-state index contributed by atoms with van der Waals surface area (Å²) in [5.74, 6) is 0.0729. The topological polar surface area (TPSA) is 21.3 Å². The van der Waals surface area contributed by atoms with Gasteiger partial charge in [0.25, 0.3) is 0 Å². The molecule has 1 aromatic rings. The smallest absolute Gasteiger partial charge is 0.141 e. The minimum absolute atomic E-state index is 0.198. The predicted octanol–water partition coefficient (Wildman–Crippen LogP) is 3.04. The van der Waals surface area contributed by atoms with Gasteiger partial charge in [-0.05, 0) is 37.1 Å². The van der Waals surface area contributed by atoms with Crippen molar-refractivity contribution in [3.8, 4) is 0 Å². The van der Waals surface area contributed by atoms with E-state index in [1.54, 1.807) is 12.1 Å². The van der Waals surface area contributed by atoms with E-state index >= 15 is 0 Å². The van der Waals surface area contributed by atoms with Crippen molar-refractivity contribution in [2.45, 2.75) is 25.8 Å². The second-order valence-electron chi connectivity index (χ2n) is 4.74. The standard InChI is InChI=1S/C14H19ClFNO/c1-2-17-14-5-6-18-9-11(14)7-10-3-4-13(16)12(15)8-10/h3-4,8,11,14,17H,2,5-7,9H2,1H3. The van der Waals surface area contributed by atoms with E-state index in [2.05, 4.69) is 12.2 Å². The molecule has 4 heteroatoms. The summed E-state index contributed by atoms with van der Waals surface area (Å²) in [6.07, 6.45) is 1.91. The third-order valence-corrected chi connectivity index (χ3v) is 3.71. The molecule has 0 radical (unpaired) electrons. The molecule has 1 saturated heterocycles. The first-order valence-electron chi connectivity index (χ1n) is 6.45. The molecule has 1 N–H and O–H groups in total. The van der Waals surface area contributed by atoms with Crippen molar-refractivity contribution in [2.75, 3.05) is 19.8 Å². The summed E-state index contributed by atoms with van der Waals surface area (Å²) in [4.78, 5) is 0. The molecular weight excluding hydrogens is 253 g/mol. The third kappa shape index (κ3) is 3.44. The lowest BCUT2D eigenvalue weighted by Gasteiger charge is -2.32. The van der Waals surface area contributed by atoms with Crippen LogP contribution < -0.4 is 5.32 Å². The molecule has 2 atom stereocenters. The lowest BCUT2D eigenvalue weighted by atomic mass is 9.89. The summed E-state index contributed by atoms with van der Waals surface area (Å²) in [5.41, 5.74) is 1.07. The van der Waals surface area contributed by atoms with Gasteiger partial charge in [-0.3, -0.25) is 0 Å². The first kappa shape index (κ1) is 13.8. The van der Waals surface area contributed by atoms with Gasteiger partial charge in [-0.1, -0.05) is 24.6 Å². The van der Waals surface area contributed by atoms with Crippen LogP contribution in [0.5, 0.6) is 0 Å². The molecule has 18 heavy (non-hydrogen) atoms. The molecule has 0 aromatic heterocycles. The molecule has 0 bridgehead atoms. The van der Waals surface area contributed by atoms with Crippen LogP contribution in [0.3, 0.4) is 0 Å². The molecule has 1 aliphatic heterocycles. The Balaban J connectivity index is 2.03. The van der Waals surface area contributed by atoms with Crippen molar-refractivity contribution in [1.29, 1.82) is 0 Å². The van der Waals surface area contributed by atoms with Crippen molar-refractivity contribution < 1.29 is 9.13 Å². The summed E-state index contributed by atoms with van der Waals surface area (Å²) in [5, 5.41) is 3.69. The Morgan fingerprint density at radius 1 is 1.50 bits per heavy atom. The van der Waals surface area contributed by atoms with Gasteiger partial charge in [0.2, 0.25) is 0 Å². The number of benzene rings is 1. The van der Waals surface area contributed by atoms with Crippen LogP contribution in [0.15, 0.2) is 18.2 Å². The fourth-order valence-electron chi connectivity index (χ4n) is 2.50. The van der Waals surface area contributed by atoms with Gasteiger partial charge in [-0.25, -0.2) is 4.39 Å². The van der Waals surface area contributed by atoms with Crippen LogP contribution in [0.25, 0.3) is 0 Å². The van der Waals surface area contributed by atoms with Crippen molar-refractivity contribution in [3.63, 3.8) is 0 Å². The van der Waals surface area contributed by atoms with Gasteiger partial charge in [-0.15, -0.1) is 0 Å². The highest BCUT2D eigenvalue weighted by Gasteiger charge is 2.25. The summed E-state index contributed by atoms with van der Waals surface area (Å²) in [6, 6.07) is 5.43. The SMILES string of the molecule is CCNC1CCOCC1Cc1ccc(F)c(Cl)c1. The number of nitrogens with one attached hydrogen (secondary N) is 1. The van der Waals surface area contributed by atoms with E-state index in [1.807, 2.05) is 0 Å². The maximum Gasteiger partial charge on any atom is 0.141 e. The Morgan fingerprint density at radius 3 is 3.06 bits per heavy atom. The van der Waals surface area contributed by atoms with E-state index in [4.69, 9.17) is 16.3 Å². The molecule has 0 saturated carbocycles. The Labute approximate surface area is 112 Å². The molecule has 1 fully saturated rings. The Hall–Kier alpha value is -0.640. The van der Waals surface area contributed by atoms with E-state index in [0.29, 0.717) is 12.0 Å². The molecule has 1 heterocycles. The van der Waals surface area contributed by atoms with Gasteiger partial charge >= 0.3 is 0 Å². The van der Waals surface area contributed by atoms with E-state index in [-0.39, 0.29) is 10.8 Å². The quantitative estimate of drug-likeness (QED) is 0.909. The van der Waals surface area contributed by atoms with Gasteiger partial charge in [0.15, 0.2) is 0 Å². The van der Waals surface area contributed by atoms with Crippen LogP contribution in [0.4, 0.5) is 4.39 Å². The normalized spacial score (nSPS) is 24.2. The zero-order chi connectivity index (χ0) is 13.0. The maximum atomic E-state index is 13.1. The van der Waals surface area contributed by atoms with Gasteiger partial charge < -0.3 is 10.1 Å². The number of hydrogen-bond donors (Lipinski definition) is 1. The molecule has 0 aliphatic carbocycles. The fourth-order valence-corrected chi connectivity index (χ4v) is 2.70.